The predicted octanol–water partition coefficient (Wildman–Crippen LogP) is 5.17. The zero-order valence-electron chi connectivity index (χ0n) is 12.3. The summed E-state index contributed by atoms with van der Waals surface area (Å²) < 4.78 is 18.4. The molecule has 0 heterocycles. The Labute approximate surface area is 125 Å². The van der Waals surface area contributed by atoms with Gasteiger partial charge in [0.25, 0.3) is 0 Å². The third-order valence-corrected chi connectivity index (χ3v) is 3.31. The molecule has 0 aliphatic carbocycles. The molecule has 0 saturated heterocycles. The van der Waals surface area contributed by atoms with Gasteiger partial charge in [0.1, 0.15) is 11.9 Å². The quantitative estimate of drug-likeness (QED) is 0.687. The van der Waals surface area contributed by atoms with Crippen LogP contribution in [-0.2, 0) is 4.74 Å². The number of hydrogen-bond acceptors (Lipinski definition) is 1. The largest absolute Gasteiger partial charge is 0.373 e. The van der Waals surface area contributed by atoms with Crippen molar-refractivity contribution in [2.45, 2.75) is 13.0 Å². The first kappa shape index (κ1) is 15.2. The van der Waals surface area contributed by atoms with E-state index in [2.05, 4.69) is 0 Å². The molecule has 2 aromatic rings. The highest BCUT2D eigenvalue weighted by atomic mass is 19.1. The molecule has 0 saturated carbocycles. The maximum Gasteiger partial charge on any atom is 0.123 e. The van der Waals surface area contributed by atoms with Crippen molar-refractivity contribution >= 4 is 5.57 Å². The lowest BCUT2D eigenvalue weighted by molar-refractivity contribution is 0.143. The summed E-state index contributed by atoms with van der Waals surface area (Å²) in [5.41, 5.74) is 3.20. The summed E-state index contributed by atoms with van der Waals surface area (Å²) in [6, 6.07) is 16.5. The molecule has 0 fully saturated rings. The average Bonchev–Trinajstić information content (AvgIpc) is 2.53. The Morgan fingerprint density at radius 2 is 1.71 bits per heavy atom. The number of allylic oxidation sites excluding steroid dienone is 3. The zero-order valence-corrected chi connectivity index (χ0v) is 12.3. The van der Waals surface area contributed by atoms with Gasteiger partial charge in [-0.2, -0.15) is 0 Å². The lowest BCUT2D eigenvalue weighted by Gasteiger charge is -2.10. The van der Waals surface area contributed by atoms with Gasteiger partial charge in [0.2, 0.25) is 0 Å². The van der Waals surface area contributed by atoms with Crippen molar-refractivity contribution in [1.82, 2.24) is 0 Å². The van der Waals surface area contributed by atoms with Crippen molar-refractivity contribution in [3.8, 4) is 0 Å². The fraction of sp³-hybridized carbons (Fsp3) is 0.158. The second-order valence-electron chi connectivity index (χ2n) is 4.81. The molecular formula is C19H19FO. The molecule has 0 N–H and O–H groups in total. The standard InChI is InChI=1S/C19H19FO/c1-15(16-11-13-18(20)14-12-16)7-6-10-19(21-2)17-8-4-3-5-9-17/h3-14,19H,1-2H3/b10-6+,15-7+. The first-order chi connectivity index (χ1) is 10.2. The number of methoxy groups -OCH3 is 1. The molecule has 2 heteroatoms. The highest BCUT2D eigenvalue weighted by Crippen LogP contribution is 2.19. The maximum absolute atomic E-state index is 12.9. The summed E-state index contributed by atoms with van der Waals surface area (Å²) in [5.74, 6) is -0.217. The minimum absolute atomic E-state index is 0.0662. The van der Waals surface area contributed by atoms with Gasteiger partial charge in [-0.15, -0.1) is 0 Å². The Kier molecular flexibility index (Phi) is 5.47. The van der Waals surface area contributed by atoms with Gasteiger partial charge in [0.15, 0.2) is 0 Å². The van der Waals surface area contributed by atoms with Gasteiger partial charge < -0.3 is 4.74 Å². The molecule has 1 atom stereocenters. The SMILES string of the molecule is COC(/C=C/C=C(\C)c1ccc(F)cc1)c1ccccc1. The fourth-order valence-electron chi connectivity index (χ4n) is 2.08. The van der Waals surface area contributed by atoms with Gasteiger partial charge in [-0.1, -0.05) is 60.7 Å². The fourth-order valence-corrected chi connectivity index (χ4v) is 2.08. The van der Waals surface area contributed by atoms with Crippen LogP contribution < -0.4 is 0 Å². The molecule has 108 valence electrons. The highest BCUT2D eigenvalue weighted by Gasteiger charge is 2.04. The summed E-state index contributed by atoms with van der Waals surface area (Å²) in [5, 5.41) is 0. The molecule has 0 amide bonds. The van der Waals surface area contributed by atoms with Crippen molar-refractivity contribution in [3.63, 3.8) is 0 Å². The third-order valence-electron chi connectivity index (χ3n) is 3.31. The van der Waals surface area contributed by atoms with Gasteiger partial charge in [-0.25, -0.2) is 4.39 Å². The van der Waals surface area contributed by atoms with Gasteiger partial charge >= 0.3 is 0 Å². The van der Waals surface area contributed by atoms with E-state index in [1.165, 1.54) is 12.1 Å². The average molecular weight is 282 g/mol. The van der Waals surface area contributed by atoms with E-state index in [-0.39, 0.29) is 11.9 Å². The molecule has 2 aromatic carbocycles. The number of ether oxygens (including phenoxy) is 1. The Morgan fingerprint density at radius 1 is 1.05 bits per heavy atom. The van der Waals surface area contributed by atoms with Crippen molar-refractivity contribution in [2.75, 3.05) is 7.11 Å². The second kappa shape index (κ2) is 7.55. The van der Waals surface area contributed by atoms with Crippen LogP contribution in [0.15, 0.2) is 72.8 Å². The van der Waals surface area contributed by atoms with E-state index in [4.69, 9.17) is 4.74 Å². The lowest BCUT2D eigenvalue weighted by atomic mass is 10.1. The smallest absolute Gasteiger partial charge is 0.123 e. The molecule has 21 heavy (non-hydrogen) atoms. The summed E-state index contributed by atoms with van der Waals surface area (Å²) in [6.07, 6.45) is 5.91. The Hall–Kier alpha value is -2.19. The van der Waals surface area contributed by atoms with E-state index in [0.717, 1.165) is 16.7 Å². The van der Waals surface area contributed by atoms with Crippen LogP contribution >= 0.6 is 0 Å². The Bertz CT molecular complexity index is 612. The molecule has 0 aliphatic rings. The van der Waals surface area contributed by atoms with Crippen molar-refractivity contribution in [1.29, 1.82) is 0 Å². The third kappa shape index (κ3) is 4.40. The van der Waals surface area contributed by atoms with E-state index in [9.17, 15) is 4.39 Å². The number of hydrogen-bond donors (Lipinski definition) is 0. The predicted molar refractivity (Wildman–Crippen MR) is 85.4 cm³/mol. The van der Waals surface area contributed by atoms with Crippen molar-refractivity contribution in [3.05, 3.63) is 89.8 Å². The van der Waals surface area contributed by atoms with Crippen LogP contribution in [0.3, 0.4) is 0 Å². The molecule has 1 nitrogen and oxygen atoms in total. The summed E-state index contributed by atoms with van der Waals surface area (Å²) in [6.45, 7) is 2.00. The topological polar surface area (TPSA) is 9.23 Å². The Morgan fingerprint density at radius 3 is 2.33 bits per heavy atom. The van der Waals surface area contributed by atoms with Crippen LogP contribution in [0, 0.1) is 5.82 Å². The molecule has 0 aliphatic heterocycles. The van der Waals surface area contributed by atoms with E-state index >= 15 is 0 Å². The monoisotopic (exact) mass is 282 g/mol. The zero-order chi connectivity index (χ0) is 15.1. The molecule has 0 bridgehead atoms. The maximum atomic E-state index is 12.9. The number of benzene rings is 2. The summed E-state index contributed by atoms with van der Waals surface area (Å²) >= 11 is 0. The molecule has 1 unspecified atom stereocenters. The van der Waals surface area contributed by atoms with E-state index in [1.807, 2.05) is 55.5 Å². The minimum atomic E-state index is -0.217. The summed E-state index contributed by atoms with van der Waals surface area (Å²) in [4.78, 5) is 0. The number of halogens is 1. The van der Waals surface area contributed by atoms with E-state index in [1.54, 1.807) is 19.2 Å². The lowest BCUT2D eigenvalue weighted by Crippen LogP contribution is -1.96. The van der Waals surface area contributed by atoms with Crippen LogP contribution in [0.5, 0.6) is 0 Å². The van der Waals surface area contributed by atoms with Crippen LogP contribution in [0.25, 0.3) is 5.57 Å². The molecule has 0 radical (unpaired) electrons. The van der Waals surface area contributed by atoms with Crippen molar-refractivity contribution in [2.24, 2.45) is 0 Å². The van der Waals surface area contributed by atoms with E-state index < -0.39 is 0 Å². The molecule has 0 spiro atoms. The number of rotatable bonds is 5. The van der Waals surface area contributed by atoms with Crippen LogP contribution in [0.4, 0.5) is 4.39 Å². The normalized spacial score (nSPS) is 13.6. The molecule has 2 rings (SSSR count). The van der Waals surface area contributed by atoms with E-state index in [0.29, 0.717) is 0 Å². The minimum Gasteiger partial charge on any atom is -0.373 e. The van der Waals surface area contributed by atoms with Crippen molar-refractivity contribution < 1.29 is 9.13 Å². The summed E-state index contributed by atoms with van der Waals surface area (Å²) in [7, 11) is 1.69. The first-order valence-electron chi connectivity index (χ1n) is 6.89. The van der Waals surface area contributed by atoms with Crippen LogP contribution in [0.1, 0.15) is 24.2 Å². The highest BCUT2D eigenvalue weighted by molar-refractivity contribution is 5.65. The molecular weight excluding hydrogens is 263 g/mol. The van der Waals surface area contributed by atoms with Crippen LogP contribution in [-0.4, -0.2) is 7.11 Å². The molecule has 0 aromatic heterocycles. The first-order valence-corrected chi connectivity index (χ1v) is 6.89. The second-order valence-corrected chi connectivity index (χ2v) is 4.81. The van der Waals surface area contributed by atoms with Gasteiger partial charge in [-0.3, -0.25) is 0 Å². The van der Waals surface area contributed by atoms with Gasteiger partial charge in [0.05, 0.1) is 0 Å². The van der Waals surface area contributed by atoms with Crippen LogP contribution in [0.2, 0.25) is 0 Å². The van der Waals surface area contributed by atoms with Gasteiger partial charge in [-0.05, 0) is 35.8 Å². The Balaban J connectivity index is 2.09. The van der Waals surface area contributed by atoms with Gasteiger partial charge in [0, 0.05) is 7.11 Å².